The Morgan fingerprint density at radius 1 is 0.857 bits per heavy atom. The molecule has 28 heavy (non-hydrogen) atoms. The van der Waals surface area contributed by atoms with Crippen molar-refractivity contribution in [1.82, 2.24) is 0 Å². The van der Waals surface area contributed by atoms with E-state index < -0.39 is 17.6 Å². The maximum atomic E-state index is 14.2. The first-order valence-corrected chi connectivity index (χ1v) is 10.3. The van der Waals surface area contributed by atoms with Gasteiger partial charge in [0.2, 0.25) is 0 Å². The highest BCUT2D eigenvalue weighted by molar-refractivity contribution is 5.72. The Labute approximate surface area is 166 Å². The molecule has 0 amide bonds. The average Bonchev–Trinajstić information content (AvgIpc) is 2.68. The molecule has 0 fully saturated rings. The summed E-state index contributed by atoms with van der Waals surface area (Å²) < 4.78 is 33.1. The Morgan fingerprint density at radius 3 is 2.14 bits per heavy atom. The zero-order valence-electron chi connectivity index (χ0n) is 16.9. The number of hydrogen-bond acceptors (Lipinski definition) is 2. The van der Waals surface area contributed by atoms with Crippen LogP contribution in [0.4, 0.5) is 8.78 Å². The molecule has 4 heteroatoms. The van der Waals surface area contributed by atoms with Gasteiger partial charge in [0, 0.05) is 18.1 Å². The summed E-state index contributed by atoms with van der Waals surface area (Å²) >= 11 is 0. The Balaban J connectivity index is 2.03. The molecule has 152 valence electrons. The lowest BCUT2D eigenvalue weighted by molar-refractivity contribution is -0.134. The van der Waals surface area contributed by atoms with Gasteiger partial charge in [-0.05, 0) is 49.3 Å². The minimum atomic E-state index is -0.828. The molecular formula is C24H30F2O2. The Bertz CT molecular complexity index is 754. The van der Waals surface area contributed by atoms with E-state index in [4.69, 9.17) is 4.74 Å². The van der Waals surface area contributed by atoms with E-state index in [9.17, 15) is 13.6 Å². The van der Waals surface area contributed by atoms with Crippen molar-refractivity contribution in [2.75, 3.05) is 0 Å². The van der Waals surface area contributed by atoms with E-state index in [2.05, 4.69) is 31.2 Å². The van der Waals surface area contributed by atoms with Crippen molar-refractivity contribution < 1.29 is 18.3 Å². The number of ether oxygens (including phenoxy) is 1. The standard InChI is InChI=1S/C24H30F2O2/c1-3-5-7-8-18-10-12-19(13-11-18)14-15-20-16-21(25)17-22(26)24(20)28-23(27)9-6-4-2/h10-13,16-17H,3-9,14-15H2,1-2H3. The molecule has 0 aliphatic rings. The van der Waals surface area contributed by atoms with E-state index >= 15 is 0 Å². The highest BCUT2D eigenvalue weighted by atomic mass is 19.1. The first-order chi connectivity index (χ1) is 13.5. The SMILES string of the molecule is CCCCCc1ccc(CCc2cc(F)cc(F)c2OC(=O)CCCC)cc1. The number of esters is 1. The van der Waals surface area contributed by atoms with Crippen molar-refractivity contribution >= 4 is 5.97 Å². The topological polar surface area (TPSA) is 26.3 Å². The summed E-state index contributed by atoms with van der Waals surface area (Å²) in [6.07, 6.45) is 7.47. The number of unbranched alkanes of at least 4 members (excludes halogenated alkanes) is 3. The van der Waals surface area contributed by atoms with E-state index in [0.29, 0.717) is 24.8 Å². The van der Waals surface area contributed by atoms with Gasteiger partial charge in [-0.25, -0.2) is 8.78 Å². The summed E-state index contributed by atoms with van der Waals surface area (Å²) in [5, 5.41) is 0. The van der Waals surface area contributed by atoms with E-state index in [1.165, 1.54) is 30.9 Å². The summed E-state index contributed by atoms with van der Waals surface area (Å²) in [4.78, 5) is 11.9. The number of carbonyl (C=O) groups excluding carboxylic acids is 1. The number of rotatable bonds is 11. The fourth-order valence-corrected chi connectivity index (χ4v) is 3.13. The lowest BCUT2D eigenvalue weighted by Crippen LogP contribution is -2.11. The molecule has 0 aliphatic carbocycles. The van der Waals surface area contributed by atoms with Gasteiger partial charge in [-0.2, -0.15) is 0 Å². The third-order valence-electron chi connectivity index (χ3n) is 4.81. The predicted octanol–water partition coefficient (Wildman–Crippen LogP) is 6.58. The molecule has 2 aromatic carbocycles. The van der Waals surface area contributed by atoms with Gasteiger partial charge in [0.15, 0.2) is 11.6 Å². The van der Waals surface area contributed by atoms with Crippen LogP contribution in [0.15, 0.2) is 36.4 Å². The third-order valence-corrected chi connectivity index (χ3v) is 4.81. The van der Waals surface area contributed by atoms with Crippen LogP contribution in [0.5, 0.6) is 5.75 Å². The molecule has 0 saturated carbocycles. The molecule has 2 nitrogen and oxygen atoms in total. The Morgan fingerprint density at radius 2 is 1.50 bits per heavy atom. The second-order valence-corrected chi connectivity index (χ2v) is 7.23. The van der Waals surface area contributed by atoms with Gasteiger partial charge in [0.25, 0.3) is 0 Å². The number of aryl methyl sites for hydroxylation is 3. The van der Waals surface area contributed by atoms with Crippen LogP contribution in [0, 0.1) is 11.6 Å². The van der Waals surface area contributed by atoms with Crippen LogP contribution in [0.3, 0.4) is 0 Å². The molecule has 2 aromatic rings. The number of hydrogen-bond donors (Lipinski definition) is 0. The highest BCUT2D eigenvalue weighted by Gasteiger charge is 2.16. The van der Waals surface area contributed by atoms with Gasteiger partial charge in [-0.15, -0.1) is 0 Å². The molecule has 0 N–H and O–H groups in total. The molecule has 0 aliphatic heterocycles. The smallest absolute Gasteiger partial charge is 0.311 e. The van der Waals surface area contributed by atoms with Crippen molar-refractivity contribution in [3.05, 3.63) is 64.7 Å². The minimum absolute atomic E-state index is 0.140. The van der Waals surface area contributed by atoms with Crippen LogP contribution in [0.25, 0.3) is 0 Å². The average molecular weight is 388 g/mol. The van der Waals surface area contributed by atoms with Crippen LogP contribution >= 0.6 is 0 Å². The summed E-state index contributed by atoms with van der Waals surface area (Å²) in [6, 6.07) is 10.4. The number of halogens is 2. The zero-order valence-corrected chi connectivity index (χ0v) is 16.9. The molecular weight excluding hydrogens is 358 g/mol. The van der Waals surface area contributed by atoms with Gasteiger partial charge in [-0.1, -0.05) is 57.4 Å². The van der Waals surface area contributed by atoms with E-state index in [1.807, 2.05) is 6.92 Å². The highest BCUT2D eigenvalue weighted by Crippen LogP contribution is 2.26. The van der Waals surface area contributed by atoms with Gasteiger partial charge in [-0.3, -0.25) is 4.79 Å². The van der Waals surface area contributed by atoms with Crippen molar-refractivity contribution in [3.8, 4) is 5.75 Å². The molecule has 0 heterocycles. The molecule has 0 unspecified atom stereocenters. The summed E-state index contributed by atoms with van der Waals surface area (Å²) in [7, 11) is 0. The van der Waals surface area contributed by atoms with Crippen LogP contribution in [0.1, 0.15) is 69.1 Å². The molecule has 0 aromatic heterocycles. The second kappa shape index (κ2) is 11.6. The van der Waals surface area contributed by atoms with E-state index in [-0.39, 0.29) is 12.2 Å². The van der Waals surface area contributed by atoms with Crippen LogP contribution in [-0.4, -0.2) is 5.97 Å². The van der Waals surface area contributed by atoms with Crippen molar-refractivity contribution in [3.63, 3.8) is 0 Å². The quantitative estimate of drug-likeness (QED) is 0.247. The molecule has 0 saturated heterocycles. The van der Waals surface area contributed by atoms with E-state index in [0.717, 1.165) is 24.5 Å². The second-order valence-electron chi connectivity index (χ2n) is 7.23. The molecule has 0 radical (unpaired) electrons. The summed E-state index contributed by atoms with van der Waals surface area (Å²) in [5.41, 5.74) is 2.78. The monoisotopic (exact) mass is 388 g/mol. The third kappa shape index (κ3) is 7.06. The largest absolute Gasteiger partial charge is 0.423 e. The van der Waals surface area contributed by atoms with Crippen molar-refractivity contribution in [1.29, 1.82) is 0 Å². The predicted molar refractivity (Wildman–Crippen MR) is 109 cm³/mol. The molecule has 0 bridgehead atoms. The molecule has 0 spiro atoms. The van der Waals surface area contributed by atoms with E-state index in [1.54, 1.807) is 0 Å². The van der Waals surface area contributed by atoms with Gasteiger partial charge < -0.3 is 4.74 Å². The van der Waals surface area contributed by atoms with Crippen LogP contribution < -0.4 is 4.74 Å². The van der Waals surface area contributed by atoms with Crippen LogP contribution in [-0.2, 0) is 24.1 Å². The summed E-state index contributed by atoms with van der Waals surface area (Å²) in [5.74, 6) is -2.11. The van der Waals surface area contributed by atoms with Gasteiger partial charge in [0.1, 0.15) is 5.82 Å². The maximum Gasteiger partial charge on any atom is 0.311 e. The Hall–Kier alpha value is -2.23. The zero-order chi connectivity index (χ0) is 20.4. The van der Waals surface area contributed by atoms with Gasteiger partial charge in [0.05, 0.1) is 0 Å². The lowest BCUT2D eigenvalue weighted by atomic mass is 10.0. The van der Waals surface area contributed by atoms with Crippen LogP contribution in [0.2, 0.25) is 0 Å². The molecule has 0 atom stereocenters. The first kappa shape index (κ1) is 22.1. The number of carbonyl (C=O) groups is 1. The van der Waals surface area contributed by atoms with Crippen molar-refractivity contribution in [2.24, 2.45) is 0 Å². The lowest BCUT2D eigenvalue weighted by Gasteiger charge is -2.12. The Kier molecular flexibility index (Phi) is 9.12. The first-order valence-electron chi connectivity index (χ1n) is 10.3. The van der Waals surface area contributed by atoms with Crippen molar-refractivity contribution in [2.45, 2.75) is 71.6 Å². The molecule has 2 rings (SSSR count). The fraction of sp³-hybridized carbons (Fsp3) is 0.458. The minimum Gasteiger partial charge on any atom is -0.423 e. The fourth-order valence-electron chi connectivity index (χ4n) is 3.13. The summed E-state index contributed by atoms with van der Waals surface area (Å²) in [6.45, 7) is 4.15. The van der Waals surface area contributed by atoms with Gasteiger partial charge >= 0.3 is 5.97 Å². The number of benzene rings is 2. The normalized spacial score (nSPS) is 10.9. The maximum absolute atomic E-state index is 14.2.